The van der Waals surface area contributed by atoms with Crippen LogP contribution in [0.15, 0.2) is 36.5 Å². The molecule has 118 valence electrons. The van der Waals surface area contributed by atoms with Crippen LogP contribution < -0.4 is 10.1 Å². The summed E-state index contributed by atoms with van der Waals surface area (Å²) in [5, 5.41) is 3.99. The number of nitrogens with zero attached hydrogens (tertiary/aromatic N) is 1. The first-order chi connectivity index (χ1) is 11.2. The minimum Gasteiger partial charge on any atom is -0.493 e. The molecule has 0 atom stereocenters. The molecule has 2 aromatic heterocycles. The topological polar surface area (TPSA) is 34.1 Å². The van der Waals surface area contributed by atoms with Gasteiger partial charge in [-0.25, -0.2) is 0 Å². The quantitative estimate of drug-likeness (QED) is 0.755. The van der Waals surface area contributed by atoms with Gasteiger partial charge in [-0.3, -0.25) is 4.98 Å². The molecule has 4 rings (SSSR count). The lowest BCUT2D eigenvalue weighted by atomic mass is 10.0. The lowest BCUT2D eigenvalue weighted by molar-refractivity contribution is 0.200. The highest BCUT2D eigenvalue weighted by Crippen LogP contribution is 2.39. The molecule has 23 heavy (non-hydrogen) atoms. The van der Waals surface area contributed by atoms with Gasteiger partial charge in [-0.05, 0) is 37.3 Å². The highest BCUT2D eigenvalue weighted by molar-refractivity contribution is 7.19. The molecule has 1 saturated heterocycles. The predicted molar refractivity (Wildman–Crippen MR) is 96.7 cm³/mol. The van der Waals surface area contributed by atoms with Crippen molar-refractivity contribution in [3.05, 3.63) is 46.4 Å². The van der Waals surface area contributed by atoms with Gasteiger partial charge in [0.15, 0.2) is 0 Å². The Kier molecular flexibility index (Phi) is 3.97. The third-order valence-electron chi connectivity index (χ3n) is 4.11. The molecule has 1 aliphatic heterocycles. The van der Waals surface area contributed by atoms with Crippen LogP contribution in [0.3, 0.4) is 0 Å². The van der Waals surface area contributed by atoms with E-state index in [0.717, 1.165) is 47.1 Å². The van der Waals surface area contributed by atoms with Crippen molar-refractivity contribution >= 4 is 33.2 Å². The molecule has 5 heteroatoms. The highest BCUT2D eigenvalue weighted by Gasteiger charge is 2.19. The van der Waals surface area contributed by atoms with E-state index in [-0.39, 0.29) is 0 Å². The number of aryl methyl sites for hydroxylation is 1. The van der Waals surface area contributed by atoms with Crippen molar-refractivity contribution in [1.29, 1.82) is 0 Å². The number of aromatic nitrogens is 1. The van der Waals surface area contributed by atoms with Crippen molar-refractivity contribution in [1.82, 2.24) is 10.3 Å². The normalized spacial score (nSPS) is 14.9. The Morgan fingerprint density at radius 2 is 2.13 bits per heavy atom. The Hall–Kier alpha value is -1.62. The lowest BCUT2D eigenvalue weighted by Gasteiger charge is -2.27. The van der Waals surface area contributed by atoms with Gasteiger partial charge < -0.3 is 10.1 Å². The summed E-state index contributed by atoms with van der Waals surface area (Å²) < 4.78 is 7.27. The maximum absolute atomic E-state index is 6.25. The average Bonchev–Trinajstić information content (AvgIpc) is 2.87. The van der Waals surface area contributed by atoms with Crippen LogP contribution in [0.5, 0.6) is 5.75 Å². The van der Waals surface area contributed by atoms with Crippen molar-refractivity contribution in [3.8, 4) is 16.9 Å². The molecule has 1 aromatic carbocycles. The van der Waals surface area contributed by atoms with E-state index >= 15 is 0 Å². The van der Waals surface area contributed by atoms with Crippen LogP contribution in [-0.2, 0) is 0 Å². The Morgan fingerprint density at radius 3 is 2.91 bits per heavy atom. The van der Waals surface area contributed by atoms with Crippen LogP contribution in [0, 0.1) is 12.8 Å². The Labute approximate surface area is 144 Å². The molecule has 0 aliphatic carbocycles. The third kappa shape index (κ3) is 2.94. The maximum atomic E-state index is 6.25. The summed E-state index contributed by atoms with van der Waals surface area (Å²) in [7, 11) is 0. The molecule has 3 heterocycles. The molecular weight excluding hydrogens is 328 g/mol. The van der Waals surface area contributed by atoms with E-state index in [0.29, 0.717) is 5.92 Å². The number of hydrogen-bond donors (Lipinski definition) is 1. The first-order valence-corrected chi connectivity index (χ1v) is 8.89. The molecule has 3 nitrogen and oxygen atoms in total. The van der Waals surface area contributed by atoms with Crippen LogP contribution >= 0.6 is 22.9 Å². The molecule has 0 unspecified atom stereocenters. The standard InChI is InChI=1S/C18H17ClN2OS/c1-11-6-16-18(23-11)14(4-5-21-16)15-7-13(19)2-3-17(15)22-10-12-8-20-9-12/h2-7,12,20H,8-10H2,1H3. The summed E-state index contributed by atoms with van der Waals surface area (Å²) >= 11 is 8.00. The molecule has 3 aromatic rings. The van der Waals surface area contributed by atoms with Gasteiger partial charge >= 0.3 is 0 Å². The molecule has 0 bridgehead atoms. The molecule has 1 N–H and O–H groups in total. The van der Waals surface area contributed by atoms with Crippen LogP contribution in [0.1, 0.15) is 4.88 Å². The van der Waals surface area contributed by atoms with E-state index < -0.39 is 0 Å². The summed E-state index contributed by atoms with van der Waals surface area (Å²) in [5.41, 5.74) is 3.20. The van der Waals surface area contributed by atoms with Crippen molar-refractivity contribution in [2.75, 3.05) is 19.7 Å². The van der Waals surface area contributed by atoms with E-state index in [4.69, 9.17) is 16.3 Å². The van der Waals surface area contributed by atoms with Gasteiger partial charge in [0.1, 0.15) is 5.75 Å². The fourth-order valence-corrected chi connectivity index (χ4v) is 3.95. The van der Waals surface area contributed by atoms with Gasteiger partial charge in [-0.15, -0.1) is 11.3 Å². The van der Waals surface area contributed by atoms with E-state index in [9.17, 15) is 0 Å². The van der Waals surface area contributed by atoms with Gasteiger partial charge in [0.25, 0.3) is 0 Å². The van der Waals surface area contributed by atoms with Crippen molar-refractivity contribution in [3.63, 3.8) is 0 Å². The number of hydrogen-bond acceptors (Lipinski definition) is 4. The van der Waals surface area contributed by atoms with Crippen LogP contribution in [-0.4, -0.2) is 24.7 Å². The van der Waals surface area contributed by atoms with Gasteiger partial charge in [-0.2, -0.15) is 0 Å². The van der Waals surface area contributed by atoms with Gasteiger partial charge in [-0.1, -0.05) is 11.6 Å². The third-order valence-corrected chi connectivity index (χ3v) is 5.42. The zero-order valence-corrected chi connectivity index (χ0v) is 14.4. The second-order valence-corrected chi connectivity index (χ2v) is 7.60. The Balaban J connectivity index is 1.77. The van der Waals surface area contributed by atoms with Gasteiger partial charge in [0, 0.05) is 46.2 Å². The number of rotatable bonds is 4. The summed E-state index contributed by atoms with van der Waals surface area (Å²) in [4.78, 5) is 5.72. The molecule has 0 spiro atoms. The SMILES string of the molecule is Cc1cc2nccc(-c3cc(Cl)ccc3OCC3CNC3)c2s1. The molecular formula is C18H17ClN2OS. The van der Waals surface area contributed by atoms with Gasteiger partial charge in [0.05, 0.1) is 16.8 Å². The Morgan fingerprint density at radius 1 is 1.26 bits per heavy atom. The van der Waals surface area contributed by atoms with E-state index in [1.165, 1.54) is 9.58 Å². The van der Waals surface area contributed by atoms with Crippen molar-refractivity contribution < 1.29 is 4.74 Å². The summed E-state index contributed by atoms with van der Waals surface area (Å²) in [6.07, 6.45) is 1.85. The van der Waals surface area contributed by atoms with Gasteiger partial charge in [0.2, 0.25) is 0 Å². The first kappa shape index (κ1) is 14.9. The zero-order chi connectivity index (χ0) is 15.8. The largest absolute Gasteiger partial charge is 0.493 e. The van der Waals surface area contributed by atoms with Crippen molar-refractivity contribution in [2.45, 2.75) is 6.92 Å². The predicted octanol–water partition coefficient (Wildman–Crippen LogP) is 4.52. The highest BCUT2D eigenvalue weighted by atomic mass is 35.5. The monoisotopic (exact) mass is 344 g/mol. The maximum Gasteiger partial charge on any atom is 0.127 e. The van der Waals surface area contributed by atoms with Crippen LogP contribution in [0.4, 0.5) is 0 Å². The minimum atomic E-state index is 0.597. The summed E-state index contributed by atoms with van der Waals surface area (Å²) in [6, 6.07) is 10.0. The number of thiophene rings is 1. The first-order valence-electron chi connectivity index (χ1n) is 7.69. The van der Waals surface area contributed by atoms with E-state index in [1.807, 2.05) is 30.5 Å². The minimum absolute atomic E-state index is 0.597. The second-order valence-electron chi connectivity index (χ2n) is 5.91. The Bertz CT molecular complexity index is 857. The number of ether oxygens (including phenoxy) is 1. The fourth-order valence-electron chi connectivity index (χ4n) is 2.78. The number of nitrogens with one attached hydrogen (secondary N) is 1. The molecule has 0 saturated carbocycles. The molecule has 1 aliphatic rings. The van der Waals surface area contributed by atoms with E-state index in [2.05, 4.69) is 23.3 Å². The van der Waals surface area contributed by atoms with E-state index in [1.54, 1.807) is 11.3 Å². The summed E-state index contributed by atoms with van der Waals surface area (Å²) in [5.74, 6) is 1.49. The molecule has 1 fully saturated rings. The smallest absolute Gasteiger partial charge is 0.127 e. The molecule has 0 radical (unpaired) electrons. The lowest BCUT2D eigenvalue weighted by Crippen LogP contribution is -2.45. The average molecular weight is 345 g/mol. The van der Waals surface area contributed by atoms with Crippen molar-refractivity contribution in [2.24, 2.45) is 5.92 Å². The molecule has 0 amide bonds. The zero-order valence-electron chi connectivity index (χ0n) is 12.8. The summed E-state index contributed by atoms with van der Waals surface area (Å²) in [6.45, 7) is 4.91. The van der Waals surface area contributed by atoms with Crippen LogP contribution in [0.25, 0.3) is 21.3 Å². The number of halogens is 1. The number of fused-ring (bicyclic) bond motifs is 1. The fraction of sp³-hybridized carbons (Fsp3) is 0.278. The number of pyridine rings is 1. The number of benzene rings is 1. The second kappa shape index (κ2) is 6.11. The van der Waals surface area contributed by atoms with Crippen LogP contribution in [0.2, 0.25) is 5.02 Å².